The highest BCUT2D eigenvalue weighted by molar-refractivity contribution is 5.79. The molecule has 2 unspecified atom stereocenters. The molecule has 2 N–H and O–H groups in total. The van der Waals surface area contributed by atoms with Gasteiger partial charge in [-0.15, -0.1) is 0 Å². The maximum Gasteiger partial charge on any atom is 0.224 e. The normalized spacial score (nSPS) is 19.2. The molecule has 0 spiro atoms. The maximum absolute atomic E-state index is 12.3. The Morgan fingerprint density at radius 1 is 1.43 bits per heavy atom. The summed E-state index contributed by atoms with van der Waals surface area (Å²) < 4.78 is 5.20. The fourth-order valence-corrected chi connectivity index (χ4v) is 2.73. The van der Waals surface area contributed by atoms with Gasteiger partial charge in [-0.2, -0.15) is 0 Å². The number of nitrogens with one attached hydrogen (secondary N) is 2. The standard InChI is InChI=1S/C17H26N2O2/c1-3-4-5-16(13-6-8-15(21-2)9-7-13)19-17(20)14-10-11-18-12-14/h6-9,14,16,18H,3-5,10-12H2,1-2H3,(H,19,20). The van der Waals surface area contributed by atoms with Crippen LogP contribution in [0.5, 0.6) is 5.75 Å². The van der Waals surface area contributed by atoms with Crippen LogP contribution in [0.2, 0.25) is 0 Å². The summed E-state index contributed by atoms with van der Waals surface area (Å²) in [5.74, 6) is 1.14. The second-order valence-corrected chi connectivity index (χ2v) is 5.67. The van der Waals surface area contributed by atoms with Gasteiger partial charge in [0.05, 0.1) is 19.1 Å². The van der Waals surface area contributed by atoms with E-state index in [1.807, 2.05) is 24.3 Å². The van der Waals surface area contributed by atoms with Gasteiger partial charge in [0.15, 0.2) is 0 Å². The summed E-state index contributed by atoms with van der Waals surface area (Å²) in [5, 5.41) is 6.47. The first-order chi connectivity index (χ1) is 10.2. The van der Waals surface area contributed by atoms with E-state index in [-0.39, 0.29) is 17.9 Å². The van der Waals surface area contributed by atoms with Gasteiger partial charge in [-0.05, 0) is 37.1 Å². The summed E-state index contributed by atoms with van der Waals surface area (Å²) in [6, 6.07) is 8.11. The van der Waals surface area contributed by atoms with E-state index in [4.69, 9.17) is 4.74 Å². The van der Waals surface area contributed by atoms with Gasteiger partial charge in [0.25, 0.3) is 0 Å². The van der Waals surface area contributed by atoms with Crippen molar-refractivity contribution in [1.82, 2.24) is 10.6 Å². The third-order valence-corrected chi connectivity index (χ3v) is 4.11. The van der Waals surface area contributed by atoms with E-state index < -0.39 is 0 Å². The van der Waals surface area contributed by atoms with Crippen LogP contribution in [0.25, 0.3) is 0 Å². The van der Waals surface area contributed by atoms with E-state index in [0.717, 1.165) is 50.1 Å². The molecule has 1 saturated heterocycles. The molecule has 116 valence electrons. The van der Waals surface area contributed by atoms with Crippen LogP contribution in [0.4, 0.5) is 0 Å². The summed E-state index contributed by atoms with van der Waals surface area (Å²) in [7, 11) is 1.67. The number of amides is 1. The Balaban J connectivity index is 2.03. The molecule has 0 aromatic heterocycles. The second kappa shape index (κ2) is 8.03. The number of carbonyl (C=O) groups excluding carboxylic acids is 1. The van der Waals surface area contributed by atoms with Crippen LogP contribution >= 0.6 is 0 Å². The van der Waals surface area contributed by atoms with Crippen LogP contribution in [0, 0.1) is 5.92 Å². The number of carbonyl (C=O) groups is 1. The Bertz CT molecular complexity index is 439. The van der Waals surface area contributed by atoms with Gasteiger partial charge in [-0.3, -0.25) is 4.79 Å². The van der Waals surface area contributed by atoms with Crippen molar-refractivity contribution in [3.8, 4) is 5.75 Å². The highest BCUT2D eigenvalue weighted by Gasteiger charge is 2.24. The third kappa shape index (κ3) is 4.46. The summed E-state index contributed by atoms with van der Waals surface area (Å²) in [6.45, 7) is 3.92. The molecule has 4 nitrogen and oxygen atoms in total. The highest BCUT2D eigenvalue weighted by Crippen LogP contribution is 2.23. The number of methoxy groups -OCH3 is 1. The zero-order valence-corrected chi connectivity index (χ0v) is 13.0. The zero-order valence-electron chi connectivity index (χ0n) is 13.0. The molecule has 2 rings (SSSR count). The van der Waals surface area contributed by atoms with E-state index in [1.165, 1.54) is 0 Å². The zero-order chi connectivity index (χ0) is 15.1. The summed E-state index contributed by atoms with van der Waals surface area (Å²) in [5.41, 5.74) is 1.16. The Morgan fingerprint density at radius 2 is 2.19 bits per heavy atom. The second-order valence-electron chi connectivity index (χ2n) is 5.67. The Labute approximate surface area is 127 Å². The van der Waals surface area contributed by atoms with E-state index in [1.54, 1.807) is 7.11 Å². The van der Waals surface area contributed by atoms with Gasteiger partial charge < -0.3 is 15.4 Å². The molecule has 4 heteroatoms. The largest absolute Gasteiger partial charge is 0.497 e. The van der Waals surface area contributed by atoms with Crippen molar-refractivity contribution in [3.63, 3.8) is 0 Å². The molecule has 0 aliphatic carbocycles. The minimum atomic E-state index is 0.101. The van der Waals surface area contributed by atoms with E-state index >= 15 is 0 Å². The van der Waals surface area contributed by atoms with Crippen LogP contribution in [-0.4, -0.2) is 26.1 Å². The smallest absolute Gasteiger partial charge is 0.224 e. The molecule has 0 bridgehead atoms. The molecular weight excluding hydrogens is 264 g/mol. The average Bonchev–Trinajstić information content (AvgIpc) is 3.06. The van der Waals surface area contributed by atoms with Gasteiger partial charge in [-0.25, -0.2) is 0 Å². The van der Waals surface area contributed by atoms with Gasteiger partial charge in [0.2, 0.25) is 5.91 Å². The van der Waals surface area contributed by atoms with Crippen molar-refractivity contribution in [2.24, 2.45) is 5.92 Å². The van der Waals surface area contributed by atoms with Crippen LogP contribution in [0.3, 0.4) is 0 Å². The lowest BCUT2D eigenvalue weighted by Gasteiger charge is -2.21. The van der Waals surface area contributed by atoms with E-state index in [9.17, 15) is 4.79 Å². The van der Waals surface area contributed by atoms with Gasteiger partial charge in [-0.1, -0.05) is 31.9 Å². The van der Waals surface area contributed by atoms with Crippen molar-refractivity contribution in [2.45, 2.75) is 38.6 Å². The van der Waals surface area contributed by atoms with Crippen LogP contribution < -0.4 is 15.4 Å². The fourth-order valence-electron chi connectivity index (χ4n) is 2.73. The van der Waals surface area contributed by atoms with Crippen molar-refractivity contribution in [2.75, 3.05) is 20.2 Å². The molecule has 21 heavy (non-hydrogen) atoms. The van der Waals surface area contributed by atoms with Crippen LogP contribution in [-0.2, 0) is 4.79 Å². The molecule has 0 radical (unpaired) electrons. The maximum atomic E-state index is 12.3. The molecule has 1 aromatic carbocycles. The van der Waals surface area contributed by atoms with E-state index in [2.05, 4.69) is 17.6 Å². The Hall–Kier alpha value is -1.55. The molecule has 1 aliphatic heterocycles. The van der Waals surface area contributed by atoms with Gasteiger partial charge in [0, 0.05) is 6.54 Å². The van der Waals surface area contributed by atoms with Crippen molar-refractivity contribution >= 4 is 5.91 Å². The number of hydrogen-bond donors (Lipinski definition) is 2. The number of unbranched alkanes of at least 4 members (excludes halogenated alkanes) is 1. The first-order valence-electron chi connectivity index (χ1n) is 7.89. The number of benzene rings is 1. The minimum absolute atomic E-state index is 0.101. The Morgan fingerprint density at radius 3 is 2.76 bits per heavy atom. The molecule has 1 aliphatic rings. The lowest BCUT2D eigenvalue weighted by Crippen LogP contribution is -2.35. The molecule has 1 heterocycles. The predicted octanol–water partition coefficient (Wildman–Crippen LogP) is 2.65. The molecule has 1 aromatic rings. The first-order valence-corrected chi connectivity index (χ1v) is 7.89. The van der Waals surface area contributed by atoms with Gasteiger partial charge in [0.1, 0.15) is 5.75 Å². The molecule has 1 amide bonds. The summed E-state index contributed by atoms with van der Waals surface area (Å²) >= 11 is 0. The number of ether oxygens (including phenoxy) is 1. The van der Waals surface area contributed by atoms with Crippen molar-refractivity contribution < 1.29 is 9.53 Å². The lowest BCUT2D eigenvalue weighted by molar-refractivity contribution is -0.125. The fraction of sp³-hybridized carbons (Fsp3) is 0.588. The van der Waals surface area contributed by atoms with Crippen molar-refractivity contribution in [1.29, 1.82) is 0 Å². The Kier molecular flexibility index (Phi) is 6.05. The quantitative estimate of drug-likeness (QED) is 0.811. The molecular formula is C17H26N2O2. The number of rotatable bonds is 7. The van der Waals surface area contributed by atoms with Crippen molar-refractivity contribution in [3.05, 3.63) is 29.8 Å². The predicted molar refractivity (Wildman–Crippen MR) is 84.4 cm³/mol. The third-order valence-electron chi connectivity index (χ3n) is 4.11. The monoisotopic (exact) mass is 290 g/mol. The molecule has 2 atom stereocenters. The first kappa shape index (κ1) is 15.8. The lowest BCUT2D eigenvalue weighted by atomic mass is 9.99. The van der Waals surface area contributed by atoms with Gasteiger partial charge >= 0.3 is 0 Å². The van der Waals surface area contributed by atoms with Crippen LogP contribution in [0.15, 0.2) is 24.3 Å². The molecule has 1 fully saturated rings. The molecule has 0 saturated carbocycles. The minimum Gasteiger partial charge on any atom is -0.497 e. The average molecular weight is 290 g/mol. The highest BCUT2D eigenvalue weighted by atomic mass is 16.5. The summed E-state index contributed by atoms with van der Waals surface area (Å²) in [4.78, 5) is 12.3. The summed E-state index contributed by atoms with van der Waals surface area (Å²) in [6.07, 6.45) is 4.16. The topological polar surface area (TPSA) is 50.4 Å². The SMILES string of the molecule is CCCCC(NC(=O)C1CCNC1)c1ccc(OC)cc1. The number of hydrogen-bond acceptors (Lipinski definition) is 3. The van der Waals surface area contributed by atoms with E-state index in [0.29, 0.717) is 0 Å². The van der Waals surface area contributed by atoms with Crippen LogP contribution in [0.1, 0.15) is 44.2 Å².